The van der Waals surface area contributed by atoms with Gasteiger partial charge in [-0.15, -0.1) is 0 Å². The van der Waals surface area contributed by atoms with Gasteiger partial charge >= 0.3 is 12.0 Å². The minimum absolute atomic E-state index is 0.0232. The summed E-state index contributed by atoms with van der Waals surface area (Å²) in [6.07, 6.45) is 3.95. The molecule has 6 N–H and O–H groups in total. The number of hydrogen-bond donors (Lipinski definition) is 5. The Bertz CT molecular complexity index is 942. The molecule has 10 heteroatoms. The first-order valence-electron chi connectivity index (χ1n) is 14.6. The Balaban J connectivity index is 2.92. The summed E-state index contributed by atoms with van der Waals surface area (Å²) < 4.78 is 5.52. The van der Waals surface area contributed by atoms with Gasteiger partial charge in [-0.2, -0.15) is 0 Å². The van der Waals surface area contributed by atoms with Gasteiger partial charge in [0.2, 0.25) is 11.8 Å². The number of urea groups is 1. The molecule has 0 spiro atoms. The summed E-state index contributed by atoms with van der Waals surface area (Å²) in [5, 5.41) is 11.7. The Kier molecular flexibility index (Phi) is 15.3. The molecule has 0 fully saturated rings. The first-order valence-corrected chi connectivity index (χ1v) is 14.6. The fourth-order valence-electron chi connectivity index (χ4n) is 4.17. The molecule has 10 nitrogen and oxygen atoms in total. The molecule has 0 radical (unpaired) electrons. The summed E-state index contributed by atoms with van der Waals surface area (Å²) in [5.41, 5.74) is 6.00. The van der Waals surface area contributed by atoms with Crippen molar-refractivity contribution in [2.75, 3.05) is 11.9 Å². The maximum atomic E-state index is 13.3. The van der Waals surface area contributed by atoms with Gasteiger partial charge in [-0.05, 0) is 69.1 Å². The number of rotatable bonds is 18. The first kappa shape index (κ1) is 34.9. The number of amides is 4. The van der Waals surface area contributed by atoms with Crippen LogP contribution >= 0.6 is 0 Å². The van der Waals surface area contributed by atoms with Crippen LogP contribution in [0.5, 0.6) is 0 Å². The smallest absolute Gasteiger partial charge is 0.312 e. The van der Waals surface area contributed by atoms with Crippen molar-refractivity contribution >= 4 is 29.5 Å². The van der Waals surface area contributed by atoms with Crippen molar-refractivity contribution in [3.8, 4) is 0 Å². The molecule has 0 aliphatic heterocycles. The molecule has 1 rings (SSSR count). The zero-order valence-corrected chi connectivity index (χ0v) is 25.4. The van der Waals surface area contributed by atoms with Crippen LogP contribution in [0.2, 0.25) is 0 Å². The monoisotopic (exact) mass is 561 g/mol. The lowest BCUT2D eigenvalue weighted by Gasteiger charge is -2.28. The van der Waals surface area contributed by atoms with Gasteiger partial charge in [0, 0.05) is 18.3 Å². The van der Waals surface area contributed by atoms with E-state index < -0.39 is 23.5 Å². The number of benzene rings is 1. The third-order valence-corrected chi connectivity index (χ3v) is 7.60. The van der Waals surface area contributed by atoms with E-state index >= 15 is 0 Å². The van der Waals surface area contributed by atoms with Crippen LogP contribution in [-0.2, 0) is 25.7 Å². The molecule has 2 atom stereocenters. The highest BCUT2D eigenvalue weighted by molar-refractivity contribution is 5.97. The lowest BCUT2D eigenvalue weighted by atomic mass is 9.85. The van der Waals surface area contributed by atoms with E-state index in [1.165, 1.54) is 0 Å². The number of carbonyl (C=O) groups excluding carboxylic acids is 4. The van der Waals surface area contributed by atoms with E-state index in [0.29, 0.717) is 31.4 Å². The molecule has 0 saturated carbocycles. The standard InChI is InChI=1S/C30H51N5O5/c1-8-22(9-2)33-25(20(5)6)27(37)35-24(13-12-18-32-29(31)39)26(36)34-23-16-14-21(15-17-23)19-40-28(38)30(7,10-3)11-4/h14-17,20,22,24-25,33H,8-13,18-19H2,1-7H3,(H,34,36)(H,35,37)(H3,31,32,39). The Morgan fingerprint density at radius 2 is 1.55 bits per heavy atom. The Labute approximate surface area is 239 Å². The molecule has 1 aromatic rings. The summed E-state index contributed by atoms with van der Waals surface area (Å²) in [6.45, 7) is 14.4. The first-order chi connectivity index (χ1) is 18.9. The van der Waals surface area contributed by atoms with E-state index in [1.54, 1.807) is 24.3 Å². The second-order valence-corrected chi connectivity index (χ2v) is 10.9. The highest BCUT2D eigenvalue weighted by Crippen LogP contribution is 2.27. The lowest BCUT2D eigenvalue weighted by Crippen LogP contribution is -2.55. The zero-order valence-electron chi connectivity index (χ0n) is 25.4. The van der Waals surface area contributed by atoms with E-state index in [-0.39, 0.29) is 42.9 Å². The predicted molar refractivity (Wildman–Crippen MR) is 158 cm³/mol. The summed E-state index contributed by atoms with van der Waals surface area (Å²) in [5.74, 6) is -0.806. The maximum Gasteiger partial charge on any atom is 0.312 e. The highest BCUT2D eigenvalue weighted by Gasteiger charge is 2.31. The Morgan fingerprint density at radius 3 is 2.05 bits per heavy atom. The van der Waals surface area contributed by atoms with E-state index in [1.807, 2.05) is 34.6 Å². The van der Waals surface area contributed by atoms with E-state index in [9.17, 15) is 19.2 Å². The third-order valence-electron chi connectivity index (χ3n) is 7.60. The molecule has 1 aromatic carbocycles. The second-order valence-electron chi connectivity index (χ2n) is 10.9. The van der Waals surface area contributed by atoms with E-state index in [0.717, 1.165) is 18.4 Å². The molecule has 2 unspecified atom stereocenters. The number of hydrogen-bond acceptors (Lipinski definition) is 6. The molecular formula is C30H51N5O5. The molecule has 226 valence electrons. The number of carbonyl (C=O) groups is 4. The maximum absolute atomic E-state index is 13.3. The van der Waals surface area contributed by atoms with Crippen LogP contribution in [0.4, 0.5) is 10.5 Å². The van der Waals surface area contributed by atoms with Crippen LogP contribution in [0.1, 0.15) is 92.6 Å². The molecule has 0 heterocycles. The Hall–Kier alpha value is -3.14. The molecule has 4 amide bonds. The van der Waals surface area contributed by atoms with Gasteiger partial charge < -0.3 is 31.7 Å². The van der Waals surface area contributed by atoms with Crippen molar-refractivity contribution in [2.24, 2.45) is 17.1 Å². The molecule has 0 saturated heterocycles. The van der Waals surface area contributed by atoms with Gasteiger partial charge in [-0.25, -0.2) is 4.79 Å². The largest absolute Gasteiger partial charge is 0.460 e. The summed E-state index contributed by atoms with van der Waals surface area (Å²) in [4.78, 5) is 50.0. The average Bonchev–Trinajstić information content (AvgIpc) is 2.93. The number of esters is 1. The summed E-state index contributed by atoms with van der Waals surface area (Å²) >= 11 is 0. The van der Waals surface area contributed by atoms with Crippen LogP contribution in [0.25, 0.3) is 0 Å². The molecule has 0 bridgehead atoms. The molecule has 0 aromatic heterocycles. The normalized spacial score (nSPS) is 13.0. The quantitative estimate of drug-likeness (QED) is 0.134. The third kappa shape index (κ3) is 11.5. The van der Waals surface area contributed by atoms with Gasteiger partial charge in [0.15, 0.2) is 0 Å². The zero-order chi connectivity index (χ0) is 30.3. The predicted octanol–water partition coefficient (Wildman–Crippen LogP) is 4.23. The van der Waals surface area contributed by atoms with E-state index in [2.05, 4.69) is 35.1 Å². The lowest BCUT2D eigenvalue weighted by molar-refractivity contribution is -0.156. The van der Waals surface area contributed by atoms with Gasteiger partial charge in [-0.1, -0.05) is 53.7 Å². The topological polar surface area (TPSA) is 152 Å². The summed E-state index contributed by atoms with van der Waals surface area (Å²) in [7, 11) is 0. The van der Waals surface area contributed by atoms with E-state index in [4.69, 9.17) is 10.5 Å². The number of nitrogens with two attached hydrogens (primary N) is 1. The fraction of sp³-hybridized carbons (Fsp3) is 0.667. The van der Waals surface area contributed by atoms with Gasteiger partial charge in [0.25, 0.3) is 0 Å². The van der Waals surface area contributed by atoms with Crippen LogP contribution in [0, 0.1) is 11.3 Å². The second kappa shape index (κ2) is 17.5. The molecule has 0 aliphatic rings. The molecular weight excluding hydrogens is 510 g/mol. The molecule has 40 heavy (non-hydrogen) atoms. The fourth-order valence-corrected chi connectivity index (χ4v) is 4.17. The van der Waals surface area contributed by atoms with Crippen molar-refractivity contribution < 1.29 is 23.9 Å². The SMILES string of the molecule is CCC(CC)NC(C(=O)NC(CCCNC(N)=O)C(=O)Nc1ccc(COC(=O)C(C)(CC)CC)cc1)C(C)C. The minimum Gasteiger partial charge on any atom is -0.460 e. The number of ether oxygens (including phenoxy) is 1. The van der Waals surface area contributed by atoms with Crippen molar-refractivity contribution in [3.63, 3.8) is 0 Å². The van der Waals surface area contributed by atoms with Crippen molar-refractivity contribution in [1.82, 2.24) is 16.0 Å². The van der Waals surface area contributed by atoms with Crippen LogP contribution in [0.15, 0.2) is 24.3 Å². The van der Waals surface area contributed by atoms with Gasteiger partial charge in [0.1, 0.15) is 12.6 Å². The van der Waals surface area contributed by atoms with Crippen LogP contribution in [0.3, 0.4) is 0 Å². The summed E-state index contributed by atoms with van der Waals surface area (Å²) in [6, 6.07) is 5.34. The Morgan fingerprint density at radius 1 is 0.950 bits per heavy atom. The van der Waals surface area contributed by atoms with Crippen LogP contribution < -0.4 is 27.0 Å². The van der Waals surface area contributed by atoms with Gasteiger partial charge in [0.05, 0.1) is 11.5 Å². The highest BCUT2D eigenvalue weighted by atomic mass is 16.5. The van der Waals surface area contributed by atoms with Crippen LogP contribution in [-0.4, -0.2) is 48.5 Å². The minimum atomic E-state index is -0.812. The van der Waals surface area contributed by atoms with Gasteiger partial charge in [-0.3, -0.25) is 14.4 Å². The number of primary amides is 1. The number of anilines is 1. The van der Waals surface area contributed by atoms with Crippen molar-refractivity contribution in [2.45, 2.75) is 112 Å². The molecule has 0 aliphatic carbocycles. The van der Waals surface area contributed by atoms with Crippen molar-refractivity contribution in [1.29, 1.82) is 0 Å². The number of nitrogens with one attached hydrogen (secondary N) is 4. The average molecular weight is 562 g/mol. The van der Waals surface area contributed by atoms with Crippen molar-refractivity contribution in [3.05, 3.63) is 29.8 Å².